The third-order valence-corrected chi connectivity index (χ3v) is 2.47. The fourth-order valence-corrected chi connectivity index (χ4v) is 1.47. The number of aromatic nitrogens is 1. The van der Waals surface area contributed by atoms with Crippen molar-refractivity contribution in [3.05, 3.63) is 35.7 Å². The highest BCUT2D eigenvalue weighted by molar-refractivity contribution is 5.92. The van der Waals surface area contributed by atoms with Crippen molar-refractivity contribution in [2.45, 2.75) is 13.8 Å². The van der Waals surface area contributed by atoms with Gasteiger partial charge in [0.25, 0.3) is 5.91 Å². The van der Waals surface area contributed by atoms with Gasteiger partial charge in [0.05, 0.1) is 0 Å². The Balaban J connectivity index is 2.82. The Morgan fingerprint density at radius 2 is 2.00 bits per heavy atom. The number of nitrogens with zero attached hydrogens (tertiary/aromatic N) is 2. The van der Waals surface area contributed by atoms with Gasteiger partial charge in [-0.1, -0.05) is 6.07 Å². The SMILES string of the molecule is CCN(CC)C(=O)c1ccc(C=CC(=O)O)cn1. The smallest absolute Gasteiger partial charge is 0.328 e. The van der Waals surface area contributed by atoms with Crippen LogP contribution in [0.3, 0.4) is 0 Å². The van der Waals surface area contributed by atoms with E-state index in [0.29, 0.717) is 24.3 Å². The lowest BCUT2D eigenvalue weighted by atomic mass is 10.2. The van der Waals surface area contributed by atoms with Gasteiger partial charge in [0.2, 0.25) is 0 Å². The van der Waals surface area contributed by atoms with Crippen LogP contribution in [0.2, 0.25) is 0 Å². The molecule has 0 unspecified atom stereocenters. The lowest BCUT2D eigenvalue weighted by Crippen LogP contribution is -2.31. The largest absolute Gasteiger partial charge is 0.478 e. The van der Waals surface area contributed by atoms with Crippen molar-refractivity contribution in [3.63, 3.8) is 0 Å². The van der Waals surface area contributed by atoms with E-state index in [2.05, 4.69) is 4.98 Å². The van der Waals surface area contributed by atoms with Crippen LogP contribution in [0, 0.1) is 0 Å². The van der Waals surface area contributed by atoms with Crippen LogP contribution in [0.4, 0.5) is 0 Å². The van der Waals surface area contributed by atoms with E-state index in [9.17, 15) is 9.59 Å². The Labute approximate surface area is 106 Å². The van der Waals surface area contributed by atoms with E-state index in [1.165, 1.54) is 12.3 Å². The van der Waals surface area contributed by atoms with Crippen LogP contribution >= 0.6 is 0 Å². The van der Waals surface area contributed by atoms with Crippen molar-refractivity contribution in [1.82, 2.24) is 9.88 Å². The van der Waals surface area contributed by atoms with E-state index < -0.39 is 5.97 Å². The van der Waals surface area contributed by atoms with Gasteiger partial charge in [0.15, 0.2) is 0 Å². The molecule has 0 atom stereocenters. The third-order valence-electron chi connectivity index (χ3n) is 2.47. The molecule has 0 saturated heterocycles. The molecule has 1 rings (SSSR count). The molecule has 0 spiro atoms. The minimum Gasteiger partial charge on any atom is -0.478 e. The lowest BCUT2D eigenvalue weighted by Gasteiger charge is -2.17. The van der Waals surface area contributed by atoms with Gasteiger partial charge in [0.1, 0.15) is 5.69 Å². The van der Waals surface area contributed by atoms with Crippen molar-refractivity contribution >= 4 is 18.0 Å². The summed E-state index contributed by atoms with van der Waals surface area (Å²) in [7, 11) is 0. The van der Waals surface area contributed by atoms with Crippen molar-refractivity contribution in [2.75, 3.05) is 13.1 Å². The molecule has 0 radical (unpaired) electrons. The van der Waals surface area contributed by atoms with Gasteiger partial charge >= 0.3 is 5.97 Å². The number of carboxylic acid groups (broad SMARTS) is 1. The normalized spacial score (nSPS) is 10.6. The summed E-state index contributed by atoms with van der Waals surface area (Å²) < 4.78 is 0. The van der Waals surface area contributed by atoms with E-state index in [-0.39, 0.29) is 5.91 Å². The van der Waals surface area contributed by atoms with Gasteiger partial charge in [-0.15, -0.1) is 0 Å². The first-order valence-corrected chi connectivity index (χ1v) is 5.74. The van der Waals surface area contributed by atoms with E-state index in [4.69, 9.17) is 5.11 Å². The van der Waals surface area contributed by atoms with Crippen LogP contribution in [0.25, 0.3) is 6.08 Å². The van der Waals surface area contributed by atoms with Crippen LogP contribution in [0.15, 0.2) is 24.4 Å². The highest BCUT2D eigenvalue weighted by Crippen LogP contribution is 2.05. The molecule has 0 aliphatic heterocycles. The number of aliphatic carboxylic acids is 1. The zero-order valence-corrected chi connectivity index (χ0v) is 10.5. The number of rotatable bonds is 5. The Morgan fingerprint density at radius 3 is 2.44 bits per heavy atom. The number of pyridine rings is 1. The zero-order chi connectivity index (χ0) is 13.5. The summed E-state index contributed by atoms with van der Waals surface area (Å²) in [6.07, 6.45) is 3.94. The predicted molar refractivity (Wildman–Crippen MR) is 68.2 cm³/mol. The van der Waals surface area contributed by atoms with E-state index in [1.807, 2.05) is 13.8 Å². The van der Waals surface area contributed by atoms with Crippen LogP contribution in [-0.2, 0) is 4.79 Å². The van der Waals surface area contributed by atoms with Gasteiger partial charge in [0, 0.05) is 25.4 Å². The van der Waals surface area contributed by atoms with Crippen molar-refractivity contribution < 1.29 is 14.7 Å². The molecule has 0 aromatic carbocycles. The first-order valence-electron chi connectivity index (χ1n) is 5.74. The van der Waals surface area contributed by atoms with Crippen LogP contribution in [0.1, 0.15) is 29.9 Å². The van der Waals surface area contributed by atoms with Crippen molar-refractivity contribution in [2.24, 2.45) is 0 Å². The molecule has 0 aliphatic rings. The molecule has 0 saturated carbocycles. The number of carboxylic acids is 1. The summed E-state index contributed by atoms with van der Waals surface area (Å²) in [6, 6.07) is 3.27. The van der Waals surface area contributed by atoms with Gasteiger partial charge in [-0.25, -0.2) is 4.79 Å². The second-order valence-corrected chi connectivity index (χ2v) is 3.63. The molecule has 5 nitrogen and oxygen atoms in total. The molecule has 1 amide bonds. The maximum Gasteiger partial charge on any atom is 0.328 e. The molecule has 18 heavy (non-hydrogen) atoms. The first kappa shape index (κ1) is 13.9. The minimum atomic E-state index is -1.02. The van der Waals surface area contributed by atoms with Crippen LogP contribution < -0.4 is 0 Å². The van der Waals surface area contributed by atoms with Crippen molar-refractivity contribution in [1.29, 1.82) is 0 Å². The van der Waals surface area contributed by atoms with Gasteiger partial charge in [-0.3, -0.25) is 9.78 Å². The molecule has 1 heterocycles. The highest BCUT2D eigenvalue weighted by Gasteiger charge is 2.12. The van der Waals surface area contributed by atoms with Crippen LogP contribution in [-0.4, -0.2) is 40.0 Å². The van der Waals surface area contributed by atoms with Gasteiger partial charge < -0.3 is 10.0 Å². The van der Waals surface area contributed by atoms with E-state index >= 15 is 0 Å². The number of carbonyl (C=O) groups is 2. The Morgan fingerprint density at radius 1 is 1.33 bits per heavy atom. The Hall–Kier alpha value is -2.17. The van der Waals surface area contributed by atoms with Crippen LogP contribution in [0.5, 0.6) is 0 Å². The topological polar surface area (TPSA) is 70.5 Å². The summed E-state index contributed by atoms with van der Waals surface area (Å²) in [4.78, 5) is 28.0. The molecule has 0 bridgehead atoms. The molecule has 5 heteroatoms. The molecular formula is C13H16N2O3. The standard InChI is InChI=1S/C13H16N2O3/c1-3-15(4-2)13(18)11-7-5-10(9-14-11)6-8-12(16)17/h5-9H,3-4H2,1-2H3,(H,16,17). The second-order valence-electron chi connectivity index (χ2n) is 3.63. The minimum absolute atomic E-state index is 0.117. The molecular weight excluding hydrogens is 232 g/mol. The molecule has 1 aromatic rings. The first-order chi connectivity index (χ1) is 8.58. The van der Waals surface area contributed by atoms with Crippen molar-refractivity contribution in [3.8, 4) is 0 Å². The number of amides is 1. The fourth-order valence-electron chi connectivity index (χ4n) is 1.47. The van der Waals surface area contributed by atoms with Gasteiger partial charge in [-0.2, -0.15) is 0 Å². The monoisotopic (exact) mass is 248 g/mol. The number of hydrogen-bond acceptors (Lipinski definition) is 3. The maximum atomic E-state index is 11.9. The number of hydrogen-bond donors (Lipinski definition) is 1. The van der Waals surface area contributed by atoms with E-state index in [0.717, 1.165) is 6.08 Å². The summed E-state index contributed by atoms with van der Waals surface area (Å²) in [5.74, 6) is -1.13. The molecule has 0 aliphatic carbocycles. The summed E-state index contributed by atoms with van der Waals surface area (Å²) in [6.45, 7) is 5.09. The summed E-state index contributed by atoms with van der Waals surface area (Å²) in [5.41, 5.74) is 1.01. The molecule has 0 fully saturated rings. The predicted octanol–water partition coefficient (Wildman–Crippen LogP) is 1.66. The molecule has 96 valence electrons. The summed E-state index contributed by atoms with van der Waals surface area (Å²) >= 11 is 0. The number of carbonyl (C=O) groups excluding carboxylic acids is 1. The Kier molecular flexibility index (Phi) is 5.05. The maximum absolute atomic E-state index is 11.9. The average Bonchev–Trinajstić information content (AvgIpc) is 2.38. The van der Waals surface area contributed by atoms with Gasteiger partial charge in [-0.05, 0) is 31.6 Å². The quantitative estimate of drug-likeness (QED) is 0.804. The lowest BCUT2D eigenvalue weighted by molar-refractivity contribution is -0.131. The Bertz CT molecular complexity index is 448. The zero-order valence-electron chi connectivity index (χ0n) is 10.5. The highest BCUT2D eigenvalue weighted by atomic mass is 16.4. The average molecular weight is 248 g/mol. The molecule has 1 N–H and O–H groups in total. The fraction of sp³-hybridized carbons (Fsp3) is 0.308. The van der Waals surface area contributed by atoms with E-state index in [1.54, 1.807) is 17.0 Å². The molecule has 1 aromatic heterocycles. The third kappa shape index (κ3) is 3.69. The second kappa shape index (κ2) is 6.54. The summed E-state index contributed by atoms with van der Waals surface area (Å²) in [5, 5.41) is 8.49.